The van der Waals surface area contributed by atoms with E-state index in [9.17, 15) is 5.11 Å². The van der Waals surface area contributed by atoms with Gasteiger partial charge >= 0.3 is 0 Å². The molecule has 1 N–H and O–H groups in total. The van der Waals surface area contributed by atoms with Gasteiger partial charge in [0.15, 0.2) is 0 Å². The predicted molar refractivity (Wildman–Crippen MR) is 79.1 cm³/mol. The predicted octanol–water partition coefficient (Wildman–Crippen LogP) is 3.49. The summed E-state index contributed by atoms with van der Waals surface area (Å²) in [7, 11) is 1.73. The summed E-state index contributed by atoms with van der Waals surface area (Å²) in [6.07, 6.45) is 10.4. The van der Waals surface area contributed by atoms with Crippen molar-refractivity contribution in [3.8, 4) is 0 Å². The van der Waals surface area contributed by atoms with Crippen molar-refractivity contribution in [1.29, 1.82) is 0 Å². The zero-order valence-electron chi connectivity index (χ0n) is 11.4. The summed E-state index contributed by atoms with van der Waals surface area (Å²) in [6.45, 7) is 0. The second-order valence-electron chi connectivity index (χ2n) is 5.41. The molecule has 0 amide bonds. The maximum absolute atomic E-state index is 10.6. The molecule has 3 nitrogen and oxygen atoms in total. The number of aliphatic hydroxyl groups is 1. The van der Waals surface area contributed by atoms with Gasteiger partial charge in [0.25, 0.3) is 0 Å². The lowest BCUT2D eigenvalue weighted by Gasteiger charge is -2.36. The molecule has 1 aromatic rings. The quantitative estimate of drug-likeness (QED) is 0.861. The first-order valence-electron chi connectivity index (χ1n) is 6.99. The molecule has 0 saturated heterocycles. The number of pyridine rings is 1. The number of aliphatic hydroxyl groups excluding tert-OH is 1. The van der Waals surface area contributed by atoms with Gasteiger partial charge in [-0.15, -0.1) is 0 Å². The monoisotopic (exact) mass is 327 g/mol. The molecule has 0 bridgehead atoms. The molecule has 0 aromatic carbocycles. The minimum absolute atomic E-state index is 0.376. The zero-order chi connectivity index (χ0) is 13.7. The van der Waals surface area contributed by atoms with Crippen molar-refractivity contribution < 1.29 is 9.84 Å². The van der Waals surface area contributed by atoms with Gasteiger partial charge in [0, 0.05) is 30.4 Å². The van der Waals surface area contributed by atoms with Crippen LogP contribution in [-0.2, 0) is 11.2 Å². The molecule has 1 aromatic heterocycles. The van der Waals surface area contributed by atoms with Gasteiger partial charge in [-0.05, 0) is 40.4 Å². The van der Waals surface area contributed by atoms with Crippen molar-refractivity contribution in [2.24, 2.45) is 0 Å². The van der Waals surface area contributed by atoms with E-state index in [1.807, 2.05) is 12.3 Å². The lowest BCUT2D eigenvalue weighted by Crippen LogP contribution is -2.45. The second-order valence-corrected chi connectivity index (χ2v) is 6.33. The van der Waals surface area contributed by atoms with Crippen molar-refractivity contribution in [2.45, 2.75) is 56.7 Å². The van der Waals surface area contributed by atoms with Gasteiger partial charge in [0.05, 0.1) is 11.7 Å². The average molecular weight is 328 g/mol. The highest BCUT2D eigenvalue weighted by molar-refractivity contribution is 9.10. The summed E-state index contributed by atoms with van der Waals surface area (Å²) in [5.41, 5.74) is 0.668. The molecule has 1 unspecified atom stereocenters. The van der Waals surface area contributed by atoms with E-state index in [2.05, 4.69) is 20.9 Å². The van der Waals surface area contributed by atoms with Crippen LogP contribution in [0.2, 0.25) is 0 Å². The standard InChI is InChI=1S/C15H22BrNO2/c1-19-15(6-4-2-3-5-7-15)14(18)9-12-8-13(16)11-17-10-12/h8,10-11,14,18H,2-7,9H2,1H3. The Balaban J connectivity index is 2.09. The number of nitrogens with zero attached hydrogens (tertiary/aromatic N) is 1. The molecule has 0 radical (unpaired) electrons. The number of methoxy groups -OCH3 is 1. The fourth-order valence-electron chi connectivity index (χ4n) is 2.98. The third-order valence-electron chi connectivity index (χ3n) is 4.15. The fraction of sp³-hybridized carbons (Fsp3) is 0.667. The molecule has 1 aliphatic carbocycles. The number of rotatable bonds is 4. The molecule has 0 aliphatic heterocycles. The first-order valence-corrected chi connectivity index (χ1v) is 7.78. The first-order chi connectivity index (χ1) is 9.16. The van der Waals surface area contributed by atoms with Gasteiger partial charge in [0.1, 0.15) is 0 Å². The molecule has 19 heavy (non-hydrogen) atoms. The topological polar surface area (TPSA) is 42.4 Å². The van der Waals surface area contributed by atoms with E-state index in [4.69, 9.17) is 4.74 Å². The molecule has 4 heteroatoms. The third-order valence-corrected chi connectivity index (χ3v) is 4.59. The van der Waals surface area contributed by atoms with Crippen LogP contribution in [0, 0.1) is 0 Å². The van der Waals surface area contributed by atoms with E-state index in [0.29, 0.717) is 6.42 Å². The van der Waals surface area contributed by atoms with Crippen LogP contribution in [0.3, 0.4) is 0 Å². The van der Waals surface area contributed by atoms with E-state index < -0.39 is 6.10 Å². The Kier molecular flexibility index (Phi) is 5.37. The van der Waals surface area contributed by atoms with Crippen molar-refractivity contribution in [3.63, 3.8) is 0 Å². The zero-order valence-corrected chi connectivity index (χ0v) is 13.0. The van der Waals surface area contributed by atoms with Crippen LogP contribution in [0.15, 0.2) is 22.9 Å². The van der Waals surface area contributed by atoms with Crippen LogP contribution in [0.5, 0.6) is 0 Å². The molecule has 106 valence electrons. The SMILES string of the molecule is COC1(C(O)Cc2cncc(Br)c2)CCCCCC1. The van der Waals surface area contributed by atoms with Gasteiger partial charge < -0.3 is 9.84 Å². The summed E-state index contributed by atoms with van der Waals surface area (Å²) >= 11 is 3.42. The smallest absolute Gasteiger partial charge is 0.0939 e. The molecule has 1 fully saturated rings. The third kappa shape index (κ3) is 3.77. The summed E-state index contributed by atoms with van der Waals surface area (Å²) in [4.78, 5) is 4.15. The minimum atomic E-state index is -0.466. The highest BCUT2D eigenvalue weighted by Crippen LogP contribution is 2.34. The minimum Gasteiger partial charge on any atom is -0.390 e. The number of hydrogen-bond donors (Lipinski definition) is 1. The summed E-state index contributed by atoms with van der Waals surface area (Å²) in [6, 6.07) is 2.01. The van der Waals surface area contributed by atoms with Crippen LogP contribution >= 0.6 is 15.9 Å². The highest BCUT2D eigenvalue weighted by Gasteiger charge is 2.38. The van der Waals surface area contributed by atoms with Crippen molar-refractivity contribution in [3.05, 3.63) is 28.5 Å². The van der Waals surface area contributed by atoms with Crippen LogP contribution in [0.25, 0.3) is 0 Å². The van der Waals surface area contributed by atoms with E-state index in [1.165, 1.54) is 12.8 Å². The molecule has 0 spiro atoms. The van der Waals surface area contributed by atoms with E-state index >= 15 is 0 Å². The fourth-order valence-corrected chi connectivity index (χ4v) is 3.39. The highest BCUT2D eigenvalue weighted by atomic mass is 79.9. The number of halogens is 1. The van der Waals surface area contributed by atoms with Gasteiger partial charge in [-0.1, -0.05) is 25.7 Å². The van der Waals surface area contributed by atoms with Crippen molar-refractivity contribution in [1.82, 2.24) is 4.98 Å². The number of ether oxygens (including phenoxy) is 1. The Labute approximate surface area is 123 Å². The summed E-state index contributed by atoms with van der Waals surface area (Å²) < 4.78 is 6.69. The largest absolute Gasteiger partial charge is 0.390 e. The summed E-state index contributed by atoms with van der Waals surface area (Å²) in [5, 5.41) is 10.6. The van der Waals surface area contributed by atoms with Crippen LogP contribution in [-0.4, -0.2) is 28.9 Å². The normalized spacial score (nSPS) is 20.8. The van der Waals surface area contributed by atoms with E-state index in [0.717, 1.165) is 35.7 Å². The second kappa shape index (κ2) is 6.82. The van der Waals surface area contributed by atoms with Gasteiger partial charge in [-0.3, -0.25) is 4.98 Å². The van der Waals surface area contributed by atoms with Gasteiger partial charge in [-0.2, -0.15) is 0 Å². The van der Waals surface area contributed by atoms with E-state index in [-0.39, 0.29) is 5.60 Å². The van der Waals surface area contributed by atoms with Crippen molar-refractivity contribution >= 4 is 15.9 Å². The maximum Gasteiger partial charge on any atom is 0.0939 e. The molecular formula is C15H22BrNO2. The Morgan fingerprint density at radius 3 is 2.58 bits per heavy atom. The Bertz CT molecular complexity index is 403. The lowest BCUT2D eigenvalue weighted by atomic mass is 9.85. The molecule has 1 atom stereocenters. The van der Waals surface area contributed by atoms with Crippen LogP contribution < -0.4 is 0 Å². The van der Waals surface area contributed by atoms with Gasteiger partial charge in [0.2, 0.25) is 0 Å². The van der Waals surface area contributed by atoms with Crippen molar-refractivity contribution in [2.75, 3.05) is 7.11 Å². The maximum atomic E-state index is 10.6. The van der Waals surface area contributed by atoms with Crippen LogP contribution in [0.4, 0.5) is 0 Å². The first kappa shape index (κ1) is 14.9. The summed E-state index contributed by atoms with van der Waals surface area (Å²) in [5.74, 6) is 0. The van der Waals surface area contributed by atoms with Gasteiger partial charge in [-0.25, -0.2) is 0 Å². The number of hydrogen-bond acceptors (Lipinski definition) is 3. The number of aromatic nitrogens is 1. The van der Waals surface area contributed by atoms with E-state index in [1.54, 1.807) is 13.3 Å². The van der Waals surface area contributed by atoms with Crippen LogP contribution in [0.1, 0.15) is 44.1 Å². The molecule has 2 rings (SSSR count). The average Bonchev–Trinajstić information content (AvgIpc) is 2.65. The lowest BCUT2D eigenvalue weighted by molar-refractivity contribution is -0.111. The molecule has 1 saturated carbocycles. The Hall–Kier alpha value is -0.450. The molecular weight excluding hydrogens is 306 g/mol. The Morgan fingerprint density at radius 2 is 2.00 bits per heavy atom. The molecule has 1 heterocycles. The molecule has 1 aliphatic rings. The Morgan fingerprint density at radius 1 is 1.32 bits per heavy atom.